The number of nitrogens with zero attached hydrogens (tertiary/aromatic N) is 1. The van der Waals surface area contributed by atoms with Crippen LogP contribution >= 0.6 is 0 Å². The fourth-order valence-electron chi connectivity index (χ4n) is 4.25. The largest absolute Gasteiger partial charge is 0.487 e. The molecule has 2 heterocycles. The number of methoxy groups -OCH3 is 1. The summed E-state index contributed by atoms with van der Waals surface area (Å²) >= 11 is 0. The maximum atomic E-state index is 13.1. The highest BCUT2D eigenvalue weighted by atomic mass is 16.6. The normalized spacial score (nSPS) is 15.0. The number of anilines is 1. The van der Waals surface area contributed by atoms with Gasteiger partial charge in [0, 0.05) is 30.1 Å². The van der Waals surface area contributed by atoms with Crippen LogP contribution in [-0.4, -0.2) is 49.4 Å². The van der Waals surface area contributed by atoms with Crippen molar-refractivity contribution in [3.05, 3.63) is 59.3 Å². The van der Waals surface area contributed by atoms with Crippen LogP contribution in [-0.2, 0) is 25.6 Å². The fourth-order valence-corrected chi connectivity index (χ4v) is 4.25. The Kier molecular flexibility index (Phi) is 6.68. The lowest BCUT2D eigenvalue weighted by Gasteiger charge is -2.25. The molecule has 3 aromatic rings. The molecule has 1 aromatic heterocycles. The Morgan fingerprint density at radius 2 is 1.94 bits per heavy atom. The molecule has 1 amide bonds. The molecule has 4 rings (SSSR count). The first-order valence-electron chi connectivity index (χ1n) is 11.2. The second kappa shape index (κ2) is 9.69. The molecule has 2 aromatic carbocycles. The molecular formula is C26H28N2O7. The van der Waals surface area contributed by atoms with Crippen molar-refractivity contribution in [3.8, 4) is 5.75 Å². The van der Waals surface area contributed by atoms with Gasteiger partial charge in [-0.05, 0) is 31.9 Å². The van der Waals surface area contributed by atoms with Gasteiger partial charge in [-0.25, -0.2) is 9.59 Å². The number of amides is 1. The third kappa shape index (κ3) is 4.94. The van der Waals surface area contributed by atoms with E-state index in [0.717, 1.165) is 5.56 Å². The molecule has 0 aliphatic carbocycles. The molecule has 1 aliphatic rings. The quantitative estimate of drug-likeness (QED) is 0.300. The maximum absolute atomic E-state index is 13.1. The Morgan fingerprint density at radius 3 is 2.60 bits per heavy atom. The first-order chi connectivity index (χ1) is 16.7. The molecule has 0 radical (unpaired) electrons. The second-order valence-electron chi connectivity index (χ2n) is 9.24. The lowest BCUT2D eigenvalue weighted by molar-refractivity contribution is -0.129. The Morgan fingerprint density at radius 1 is 1.20 bits per heavy atom. The van der Waals surface area contributed by atoms with Gasteiger partial charge in [0.1, 0.15) is 18.0 Å². The molecule has 0 bridgehead atoms. The molecule has 1 atom stereocenters. The molecule has 9 heteroatoms. The molecule has 9 nitrogen and oxygen atoms in total. The zero-order valence-electron chi connectivity index (χ0n) is 20.1. The summed E-state index contributed by atoms with van der Waals surface area (Å²) in [5.41, 5.74) is 2.34. The van der Waals surface area contributed by atoms with Crippen LogP contribution in [0, 0.1) is 0 Å². The molecule has 1 N–H and O–H groups in total. The van der Waals surface area contributed by atoms with Crippen LogP contribution < -0.4 is 9.64 Å². The number of rotatable bonds is 7. The number of hydrogen-bond acceptors (Lipinski definition) is 7. The summed E-state index contributed by atoms with van der Waals surface area (Å²) in [4.78, 5) is 41.3. The van der Waals surface area contributed by atoms with Gasteiger partial charge in [-0.3, -0.25) is 9.69 Å². The van der Waals surface area contributed by atoms with E-state index in [2.05, 4.69) is 4.98 Å². The number of fused-ring (bicyclic) bond motifs is 3. The summed E-state index contributed by atoms with van der Waals surface area (Å²) in [6.07, 6.45) is 1.01. The highest BCUT2D eigenvalue weighted by Gasteiger charge is 2.39. The van der Waals surface area contributed by atoms with Crippen LogP contribution in [0.3, 0.4) is 0 Å². The molecule has 0 fully saturated rings. The van der Waals surface area contributed by atoms with E-state index >= 15 is 0 Å². The van der Waals surface area contributed by atoms with Gasteiger partial charge in [-0.2, -0.15) is 0 Å². The van der Waals surface area contributed by atoms with Crippen LogP contribution in [0.1, 0.15) is 48.2 Å². The van der Waals surface area contributed by atoms with Gasteiger partial charge in [-0.15, -0.1) is 0 Å². The van der Waals surface area contributed by atoms with Gasteiger partial charge >= 0.3 is 12.1 Å². The summed E-state index contributed by atoms with van der Waals surface area (Å²) in [6, 6.07) is 11.4. The van der Waals surface area contributed by atoms with E-state index in [1.807, 2.05) is 30.3 Å². The summed E-state index contributed by atoms with van der Waals surface area (Å²) in [7, 11) is 1.30. The van der Waals surface area contributed by atoms with E-state index < -0.39 is 17.7 Å². The number of carbonyl (C=O) groups excluding carboxylic acids is 3. The van der Waals surface area contributed by atoms with E-state index in [-0.39, 0.29) is 25.7 Å². The fraction of sp³-hybridized carbons (Fsp3) is 0.346. The minimum absolute atomic E-state index is 0.0287. The highest BCUT2D eigenvalue weighted by Crippen LogP contribution is 2.47. The van der Waals surface area contributed by atoms with Crippen molar-refractivity contribution < 1.29 is 33.3 Å². The van der Waals surface area contributed by atoms with E-state index in [1.54, 1.807) is 33.0 Å². The molecule has 35 heavy (non-hydrogen) atoms. The number of carbonyl (C=O) groups is 3. The summed E-state index contributed by atoms with van der Waals surface area (Å²) in [5.74, 6) is -0.458. The Balaban J connectivity index is 1.86. The van der Waals surface area contributed by atoms with Crippen molar-refractivity contribution in [3.63, 3.8) is 0 Å². The lowest BCUT2D eigenvalue weighted by Crippen LogP contribution is -2.36. The van der Waals surface area contributed by atoms with Gasteiger partial charge in [0.15, 0.2) is 0 Å². The van der Waals surface area contributed by atoms with Crippen molar-refractivity contribution in [1.82, 2.24) is 4.98 Å². The van der Waals surface area contributed by atoms with Gasteiger partial charge in [0.2, 0.25) is 0 Å². The number of aromatic nitrogens is 1. The first-order valence-corrected chi connectivity index (χ1v) is 11.2. The smallest absolute Gasteiger partial charge is 0.414 e. The van der Waals surface area contributed by atoms with Crippen molar-refractivity contribution in [2.75, 3.05) is 25.2 Å². The molecule has 0 spiro atoms. The molecule has 184 valence electrons. The number of benzene rings is 2. The number of H-pyrrole nitrogens is 1. The van der Waals surface area contributed by atoms with Crippen molar-refractivity contribution >= 4 is 35.1 Å². The van der Waals surface area contributed by atoms with Gasteiger partial charge < -0.3 is 23.9 Å². The minimum Gasteiger partial charge on any atom is -0.487 e. The summed E-state index contributed by atoms with van der Waals surface area (Å²) in [6.45, 7) is 6.24. The van der Waals surface area contributed by atoms with Gasteiger partial charge in [0.05, 0.1) is 30.5 Å². The number of nitrogens with one attached hydrogen (secondary N) is 1. The highest BCUT2D eigenvalue weighted by molar-refractivity contribution is 6.11. The zero-order chi connectivity index (χ0) is 25.2. The standard InChI is InChI=1S/C26H28N2O7/c1-26(2,3)35-25(31)28-12-17(14-33-15-29)21-19(28)10-20(34-13-16-8-6-5-7-9-16)23-22(21)18(11-27-23)24(30)32-4/h5-11,15,17,27H,12-14H2,1-4H3/t17-/m0/s1. The molecule has 1 aliphatic heterocycles. The van der Waals surface area contributed by atoms with Crippen molar-refractivity contribution in [2.45, 2.75) is 38.9 Å². The molecular weight excluding hydrogens is 452 g/mol. The van der Waals surface area contributed by atoms with E-state index in [9.17, 15) is 14.4 Å². The monoisotopic (exact) mass is 480 g/mol. The van der Waals surface area contributed by atoms with E-state index in [4.69, 9.17) is 18.9 Å². The lowest BCUT2D eigenvalue weighted by atomic mass is 9.95. The number of hydrogen-bond donors (Lipinski definition) is 1. The van der Waals surface area contributed by atoms with Crippen molar-refractivity contribution in [1.29, 1.82) is 0 Å². The molecule has 0 saturated carbocycles. The first kappa shape index (κ1) is 24.1. The third-order valence-electron chi connectivity index (χ3n) is 5.66. The average molecular weight is 481 g/mol. The topological polar surface area (TPSA) is 107 Å². The summed E-state index contributed by atoms with van der Waals surface area (Å²) < 4.78 is 21.9. The average Bonchev–Trinajstić information content (AvgIpc) is 3.42. The second-order valence-corrected chi connectivity index (χ2v) is 9.24. The molecule has 0 unspecified atom stereocenters. The van der Waals surface area contributed by atoms with Gasteiger partial charge in [-0.1, -0.05) is 30.3 Å². The number of aromatic amines is 1. The summed E-state index contributed by atoms with van der Waals surface area (Å²) in [5, 5.41) is 0.558. The van der Waals surface area contributed by atoms with Gasteiger partial charge in [0.25, 0.3) is 6.47 Å². The predicted octanol–water partition coefficient (Wildman–Crippen LogP) is 4.55. The van der Waals surface area contributed by atoms with Crippen LogP contribution in [0.5, 0.6) is 5.75 Å². The SMILES string of the molecule is COC(=O)c1c[nH]c2c(OCc3ccccc3)cc3c(c12)[C@H](COC=O)CN3C(=O)OC(C)(C)C. The van der Waals surface area contributed by atoms with Crippen LogP contribution in [0.2, 0.25) is 0 Å². The Bertz CT molecular complexity index is 1240. The van der Waals surface area contributed by atoms with E-state index in [0.29, 0.717) is 39.9 Å². The number of ether oxygens (including phenoxy) is 4. The predicted molar refractivity (Wildman–Crippen MR) is 129 cm³/mol. The van der Waals surface area contributed by atoms with Crippen LogP contribution in [0.25, 0.3) is 10.9 Å². The third-order valence-corrected chi connectivity index (χ3v) is 5.66. The van der Waals surface area contributed by atoms with Crippen molar-refractivity contribution in [2.24, 2.45) is 0 Å². The Labute approximate surface area is 202 Å². The van der Waals surface area contributed by atoms with Crippen LogP contribution in [0.15, 0.2) is 42.6 Å². The van der Waals surface area contributed by atoms with Crippen LogP contribution in [0.4, 0.5) is 10.5 Å². The minimum atomic E-state index is -0.712. The maximum Gasteiger partial charge on any atom is 0.414 e. The van der Waals surface area contributed by atoms with E-state index in [1.165, 1.54) is 12.0 Å². The Hall–Kier alpha value is -4.01. The zero-order valence-corrected chi connectivity index (χ0v) is 20.1. The molecule has 0 saturated heterocycles. The number of esters is 1.